The maximum absolute atomic E-state index is 12.2. The Morgan fingerprint density at radius 3 is 2.38 bits per heavy atom. The zero-order valence-electron chi connectivity index (χ0n) is 12.6. The Morgan fingerprint density at radius 1 is 1.24 bits per heavy atom. The van der Waals surface area contributed by atoms with Gasteiger partial charge in [-0.3, -0.25) is 9.59 Å². The van der Waals surface area contributed by atoms with Gasteiger partial charge in [0.25, 0.3) is 5.91 Å². The van der Waals surface area contributed by atoms with Crippen molar-refractivity contribution < 1.29 is 14.7 Å². The van der Waals surface area contributed by atoms with Crippen molar-refractivity contribution in [1.29, 1.82) is 0 Å². The molecule has 5 heteroatoms. The average Bonchev–Trinajstić information content (AvgIpc) is 2.88. The molecule has 0 aromatic heterocycles. The highest BCUT2D eigenvalue weighted by atomic mass is 16.3. The number of nitrogens with one attached hydrogen (secondary N) is 1. The van der Waals surface area contributed by atoms with Gasteiger partial charge in [0.2, 0.25) is 5.91 Å². The van der Waals surface area contributed by atoms with E-state index < -0.39 is 5.60 Å². The van der Waals surface area contributed by atoms with E-state index in [1.165, 1.54) is 4.90 Å². The number of carbonyl (C=O) groups excluding carboxylic acids is 2. The molecule has 2 rings (SSSR count). The van der Waals surface area contributed by atoms with Gasteiger partial charge < -0.3 is 15.3 Å². The van der Waals surface area contributed by atoms with Gasteiger partial charge in [-0.15, -0.1) is 0 Å². The summed E-state index contributed by atoms with van der Waals surface area (Å²) in [4.78, 5) is 25.4. The zero-order chi connectivity index (χ0) is 15.5. The second-order valence-electron chi connectivity index (χ2n) is 5.81. The van der Waals surface area contributed by atoms with E-state index in [0.29, 0.717) is 18.5 Å². The third-order valence-corrected chi connectivity index (χ3v) is 3.89. The molecule has 5 nitrogen and oxygen atoms in total. The van der Waals surface area contributed by atoms with Gasteiger partial charge in [0.05, 0.1) is 6.54 Å². The second kappa shape index (κ2) is 6.26. The minimum Gasteiger partial charge on any atom is -0.380 e. The van der Waals surface area contributed by atoms with E-state index in [9.17, 15) is 14.7 Å². The minimum absolute atomic E-state index is 0.0605. The maximum Gasteiger partial charge on any atom is 0.254 e. The summed E-state index contributed by atoms with van der Waals surface area (Å²) >= 11 is 0. The number of carbonyl (C=O) groups is 2. The molecule has 21 heavy (non-hydrogen) atoms. The van der Waals surface area contributed by atoms with Crippen molar-refractivity contribution in [2.45, 2.75) is 38.2 Å². The lowest BCUT2D eigenvalue weighted by atomic mass is 10.0. The molecule has 2 amide bonds. The molecule has 0 saturated heterocycles. The molecule has 1 aliphatic rings. The molecule has 0 bridgehead atoms. The van der Waals surface area contributed by atoms with Crippen LogP contribution in [0.15, 0.2) is 24.3 Å². The van der Waals surface area contributed by atoms with Gasteiger partial charge in [-0.1, -0.05) is 17.7 Å². The molecule has 0 atom stereocenters. The summed E-state index contributed by atoms with van der Waals surface area (Å²) in [6.45, 7) is 1.91. The molecule has 0 spiro atoms. The Kier molecular flexibility index (Phi) is 4.63. The highest BCUT2D eigenvalue weighted by molar-refractivity contribution is 5.95. The van der Waals surface area contributed by atoms with Gasteiger partial charge in [-0.25, -0.2) is 0 Å². The lowest BCUT2D eigenvalue weighted by Crippen LogP contribution is -2.48. The van der Waals surface area contributed by atoms with Crippen molar-refractivity contribution >= 4 is 17.5 Å². The summed E-state index contributed by atoms with van der Waals surface area (Å²) in [5, 5.41) is 13.0. The topological polar surface area (TPSA) is 69.6 Å². The van der Waals surface area contributed by atoms with E-state index in [1.54, 1.807) is 7.05 Å². The number of nitrogens with zero attached hydrogens (tertiary/aromatic N) is 1. The Balaban J connectivity index is 1.89. The van der Waals surface area contributed by atoms with E-state index in [0.717, 1.165) is 18.4 Å². The zero-order valence-corrected chi connectivity index (χ0v) is 12.6. The molecule has 0 aliphatic heterocycles. The summed E-state index contributed by atoms with van der Waals surface area (Å²) in [6, 6.07) is 7.45. The molecule has 0 radical (unpaired) electrons. The van der Waals surface area contributed by atoms with Gasteiger partial charge in [0.15, 0.2) is 0 Å². The molecule has 0 heterocycles. The smallest absolute Gasteiger partial charge is 0.254 e. The van der Waals surface area contributed by atoms with Crippen LogP contribution < -0.4 is 5.32 Å². The number of aryl methyl sites for hydroxylation is 1. The van der Waals surface area contributed by atoms with Crippen LogP contribution in [0.5, 0.6) is 0 Å². The van der Waals surface area contributed by atoms with Crippen LogP contribution in [0.4, 0.5) is 5.69 Å². The first kappa shape index (κ1) is 15.5. The lowest BCUT2D eigenvalue weighted by molar-refractivity contribution is -0.150. The molecule has 0 unspecified atom stereocenters. The monoisotopic (exact) mass is 290 g/mol. The molecule has 1 saturated carbocycles. The number of rotatable bonds is 4. The molecule has 1 fully saturated rings. The van der Waals surface area contributed by atoms with E-state index in [1.807, 2.05) is 31.2 Å². The lowest BCUT2D eigenvalue weighted by Gasteiger charge is -2.27. The highest BCUT2D eigenvalue weighted by Gasteiger charge is 2.40. The standard InChI is InChI=1S/C16H22N2O3/c1-12-5-7-13(8-6-12)17-14(19)11-18(2)15(20)16(21)9-3-4-10-16/h5-8,21H,3-4,9-11H2,1-2H3,(H,17,19). The van der Waals surface area contributed by atoms with Crippen LogP contribution in [-0.4, -0.2) is 41.0 Å². The Bertz CT molecular complexity index is 519. The summed E-state index contributed by atoms with van der Waals surface area (Å²) in [6.07, 6.45) is 2.67. The molecule has 114 valence electrons. The van der Waals surface area contributed by atoms with Crippen molar-refractivity contribution in [3.05, 3.63) is 29.8 Å². The van der Waals surface area contributed by atoms with Crippen LogP contribution in [0, 0.1) is 6.92 Å². The average molecular weight is 290 g/mol. The van der Waals surface area contributed by atoms with Crippen LogP contribution in [0.25, 0.3) is 0 Å². The summed E-state index contributed by atoms with van der Waals surface area (Å²) in [7, 11) is 1.55. The summed E-state index contributed by atoms with van der Waals surface area (Å²) in [5.74, 6) is -0.629. The van der Waals surface area contributed by atoms with Crippen LogP contribution >= 0.6 is 0 Å². The normalized spacial score (nSPS) is 16.5. The van der Waals surface area contributed by atoms with Crippen molar-refractivity contribution in [3.63, 3.8) is 0 Å². The fourth-order valence-corrected chi connectivity index (χ4v) is 2.65. The number of anilines is 1. The Morgan fingerprint density at radius 2 is 1.81 bits per heavy atom. The first-order chi connectivity index (χ1) is 9.90. The third kappa shape index (κ3) is 3.82. The molecule has 1 aliphatic carbocycles. The predicted octanol–water partition coefficient (Wildman–Crippen LogP) is 1.70. The third-order valence-electron chi connectivity index (χ3n) is 3.89. The number of benzene rings is 1. The first-order valence-electron chi connectivity index (χ1n) is 7.25. The van der Waals surface area contributed by atoms with Crippen molar-refractivity contribution in [1.82, 2.24) is 4.90 Å². The van der Waals surface area contributed by atoms with Crippen molar-refractivity contribution in [2.75, 3.05) is 18.9 Å². The van der Waals surface area contributed by atoms with E-state index >= 15 is 0 Å². The van der Waals surface area contributed by atoms with Crippen molar-refractivity contribution in [2.24, 2.45) is 0 Å². The largest absolute Gasteiger partial charge is 0.380 e. The number of hydrogen-bond donors (Lipinski definition) is 2. The molecular formula is C16H22N2O3. The van der Waals surface area contributed by atoms with Gasteiger partial charge in [0.1, 0.15) is 5.60 Å². The molecule has 1 aromatic carbocycles. The Labute approximate surface area is 125 Å². The van der Waals surface area contributed by atoms with Gasteiger partial charge in [-0.05, 0) is 44.7 Å². The van der Waals surface area contributed by atoms with Crippen LogP contribution in [0.3, 0.4) is 0 Å². The second-order valence-corrected chi connectivity index (χ2v) is 5.81. The van der Waals surface area contributed by atoms with Gasteiger partial charge in [0, 0.05) is 12.7 Å². The fourth-order valence-electron chi connectivity index (χ4n) is 2.65. The summed E-state index contributed by atoms with van der Waals surface area (Å²) in [5.41, 5.74) is 0.536. The van der Waals surface area contributed by atoms with Crippen LogP contribution in [-0.2, 0) is 9.59 Å². The minimum atomic E-state index is -1.28. The molecule has 1 aromatic rings. The number of amides is 2. The quantitative estimate of drug-likeness (QED) is 0.886. The molecule has 2 N–H and O–H groups in total. The van der Waals surface area contributed by atoms with E-state index in [2.05, 4.69) is 5.32 Å². The fraction of sp³-hybridized carbons (Fsp3) is 0.500. The number of likely N-dealkylation sites (N-methyl/N-ethyl adjacent to an activating group) is 1. The van der Waals surface area contributed by atoms with Gasteiger partial charge >= 0.3 is 0 Å². The van der Waals surface area contributed by atoms with Crippen LogP contribution in [0.2, 0.25) is 0 Å². The SMILES string of the molecule is Cc1ccc(NC(=O)CN(C)C(=O)C2(O)CCCC2)cc1. The number of hydrogen-bond acceptors (Lipinski definition) is 3. The predicted molar refractivity (Wildman–Crippen MR) is 80.9 cm³/mol. The highest BCUT2D eigenvalue weighted by Crippen LogP contribution is 2.30. The maximum atomic E-state index is 12.2. The number of aliphatic hydroxyl groups is 1. The summed E-state index contributed by atoms with van der Waals surface area (Å²) < 4.78 is 0. The first-order valence-corrected chi connectivity index (χ1v) is 7.25. The van der Waals surface area contributed by atoms with Crippen molar-refractivity contribution in [3.8, 4) is 0 Å². The van der Waals surface area contributed by atoms with E-state index in [-0.39, 0.29) is 18.4 Å². The van der Waals surface area contributed by atoms with Crippen LogP contribution in [0.1, 0.15) is 31.2 Å². The van der Waals surface area contributed by atoms with E-state index in [4.69, 9.17) is 0 Å². The molecular weight excluding hydrogens is 268 g/mol. The van der Waals surface area contributed by atoms with Gasteiger partial charge in [-0.2, -0.15) is 0 Å². The Hall–Kier alpha value is -1.88.